The molecular weight excluding hydrogens is 320 g/mol. The maximum atomic E-state index is 12.0. The van der Waals surface area contributed by atoms with Crippen LogP contribution < -0.4 is 4.74 Å². The molecule has 0 aliphatic rings. The highest BCUT2D eigenvalue weighted by atomic mass is 35.5. The van der Waals surface area contributed by atoms with E-state index in [4.69, 9.17) is 21.1 Å². The van der Waals surface area contributed by atoms with Gasteiger partial charge in [-0.15, -0.1) is 0 Å². The van der Waals surface area contributed by atoms with E-state index in [9.17, 15) is 14.7 Å². The van der Waals surface area contributed by atoms with Gasteiger partial charge in [-0.2, -0.15) is 0 Å². The van der Waals surface area contributed by atoms with Crippen LogP contribution >= 0.6 is 11.6 Å². The number of ether oxygens (including phenoxy) is 2. The minimum absolute atomic E-state index is 0.0861. The van der Waals surface area contributed by atoms with Crippen molar-refractivity contribution in [1.29, 1.82) is 0 Å². The van der Waals surface area contributed by atoms with Crippen LogP contribution in [0.5, 0.6) is 11.5 Å². The van der Waals surface area contributed by atoms with Crippen molar-refractivity contribution >= 4 is 23.4 Å². The molecule has 0 bridgehead atoms. The number of benzene rings is 2. The van der Waals surface area contributed by atoms with Gasteiger partial charge in [0.25, 0.3) is 0 Å². The molecule has 0 saturated carbocycles. The second-order valence-corrected chi connectivity index (χ2v) is 5.05. The van der Waals surface area contributed by atoms with Gasteiger partial charge < -0.3 is 14.6 Å². The van der Waals surface area contributed by atoms with Crippen molar-refractivity contribution < 1.29 is 24.2 Å². The van der Waals surface area contributed by atoms with Gasteiger partial charge in [0.05, 0.1) is 6.61 Å². The predicted molar refractivity (Wildman–Crippen MR) is 85.3 cm³/mol. The molecule has 120 valence electrons. The van der Waals surface area contributed by atoms with Crippen molar-refractivity contribution in [3.63, 3.8) is 0 Å². The molecule has 2 rings (SSSR count). The number of hydrogen-bond acceptors (Lipinski definition) is 5. The van der Waals surface area contributed by atoms with E-state index < -0.39 is 12.6 Å². The second kappa shape index (κ2) is 7.65. The lowest BCUT2D eigenvalue weighted by atomic mass is 10.1. The Morgan fingerprint density at radius 3 is 2.48 bits per heavy atom. The number of esters is 1. The summed E-state index contributed by atoms with van der Waals surface area (Å²) in [7, 11) is 0. The molecule has 0 atom stereocenters. The molecule has 0 aromatic heterocycles. The fourth-order valence-electron chi connectivity index (χ4n) is 1.87. The van der Waals surface area contributed by atoms with Crippen LogP contribution in [-0.2, 0) is 4.74 Å². The van der Waals surface area contributed by atoms with E-state index in [0.29, 0.717) is 17.9 Å². The number of ketones is 1. The topological polar surface area (TPSA) is 72.8 Å². The molecule has 0 radical (unpaired) electrons. The second-order valence-electron chi connectivity index (χ2n) is 4.62. The third-order valence-electron chi connectivity index (χ3n) is 3.00. The molecule has 2 aromatic rings. The van der Waals surface area contributed by atoms with Crippen molar-refractivity contribution in [1.82, 2.24) is 0 Å². The summed E-state index contributed by atoms with van der Waals surface area (Å²) < 4.78 is 10.2. The first-order valence-electron chi connectivity index (χ1n) is 6.93. The highest BCUT2D eigenvalue weighted by Gasteiger charge is 2.15. The van der Waals surface area contributed by atoms with Gasteiger partial charge in [-0.05, 0) is 49.4 Å². The number of Topliss-reactive ketones (excluding diaryl/α,β-unsaturated/α-hetero) is 1. The summed E-state index contributed by atoms with van der Waals surface area (Å²) in [5, 5.41) is 9.90. The van der Waals surface area contributed by atoms with Crippen molar-refractivity contribution in [2.24, 2.45) is 0 Å². The van der Waals surface area contributed by atoms with Crippen LogP contribution in [0.3, 0.4) is 0 Å². The standard InChI is InChI=1S/C17H15ClO5/c1-2-22-13-6-3-11(4-7-13)16(20)10-23-17(21)14-9-12(18)5-8-15(14)19/h3-9,19H,2,10H2,1H3. The summed E-state index contributed by atoms with van der Waals surface area (Å²) in [5.74, 6) is -0.773. The minimum Gasteiger partial charge on any atom is -0.507 e. The Morgan fingerprint density at radius 2 is 1.83 bits per heavy atom. The van der Waals surface area contributed by atoms with Gasteiger partial charge >= 0.3 is 5.97 Å². The largest absolute Gasteiger partial charge is 0.507 e. The zero-order valence-corrected chi connectivity index (χ0v) is 13.2. The first-order valence-corrected chi connectivity index (χ1v) is 7.30. The first kappa shape index (κ1) is 16.8. The Morgan fingerprint density at radius 1 is 1.13 bits per heavy atom. The molecule has 0 spiro atoms. The van der Waals surface area contributed by atoms with Crippen LogP contribution in [0.15, 0.2) is 42.5 Å². The number of phenols is 1. The molecule has 2 aromatic carbocycles. The van der Waals surface area contributed by atoms with Crippen molar-refractivity contribution in [3.8, 4) is 11.5 Å². The fraction of sp³-hybridized carbons (Fsp3) is 0.176. The Balaban J connectivity index is 1.98. The maximum absolute atomic E-state index is 12.0. The highest BCUT2D eigenvalue weighted by Crippen LogP contribution is 2.22. The van der Waals surface area contributed by atoms with Crippen molar-refractivity contribution in [3.05, 3.63) is 58.6 Å². The van der Waals surface area contributed by atoms with Crippen molar-refractivity contribution in [2.75, 3.05) is 13.2 Å². The van der Waals surface area contributed by atoms with E-state index in [1.165, 1.54) is 18.2 Å². The average molecular weight is 335 g/mol. The molecular formula is C17H15ClO5. The van der Waals surface area contributed by atoms with Gasteiger partial charge in [0.15, 0.2) is 12.4 Å². The van der Waals surface area contributed by atoms with E-state index in [1.807, 2.05) is 6.92 Å². The monoisotopic (exact) mass is 334 g/mol. The summed E-state index contributed by atoms with van der Waals surface area (Å²) in [6.45, 7) is 1.97. The highest BCUT2D eigenvalue weighted by molar-refractivity contribution is 6.31. The van der Waals surface area contributed by atoms with Gasteiger partial charge in [-0.3, -0.25) is 4.79 Å². The number of carbonyl (C=O) groups excluding carboxylic acids is 2. The number of aromatic hydroxyl groups is 1. The lowest BCUT2D eigenvalue weighted by Gasteiger charge is -2.07. The summed E-state index contributed by atoms with van der Waals surface area (Å²) >= 11 is 5.76. The Hall–Kier alpha value is -2.53. The molecule has 0 aliphatic carbocycles. The molecule has 0 fully saturated rings. The predicted octanol–water partition coefficient (Wildman–Crippen LogP) is 3.48. The van der Waals surface area contributed by atoms with Crippen LogP contribution in [0.2, 0.25) is 5.02 Å². The van der Waals surface area contributed by atoms with E-state index in [0.717, 1.165) is 0 Å². The molecule has 23 heavy (non-hydrogen) atoms. The number of rotatable bonds is 6. The van der Waals surface area contributed by atoms with Crippen LogP contribution in [0.1, 0.15) is 27.6 Å². The van der Waals surface area contributed by atoms with Gasteiger partial charge in [-0.1, -0.05) is 11.6 Å². The normalized spacial score (nSPS) is 10.2. The van der Waals surface area contributed by atoms with Crippen LogP contribution in [0.25, 0.3) is 0 Å². The first-order chi connectivity index (χ1) is 11.0. The third kappa shape index (κ3) is 4.47. The molecule has 0 unspecified atom stereocenters. The summed E-state index contributed by atoms with van der Waals surface area (Å²) in [4.78, 5) is 23.9. The fourth-order valence-corrected chi connectivity index (χ4v) is 2.04. The summed E-state index contributed by atoms with van der Waals surface area (Å²) in [6.07, 6.45) is 0. The Labute approximate surface area is 138 Å². The molecule has 0 amide bonds. The SMILES string of the molecule is CCOc1ccc(C(=O)COC(=O)c2cc(Cl)ccc2O)cc1. The van der Waals surface area contributed by atoms with Crippen LogP contribution in [0.4, 0.5) is 0 Å². The summed E-state index contributed by atoms with van der Waals surface area (Å²) in [5.41, 5.74) is 0.313. The number of carbonyl (C=O) groups is 2. The molecule has 6 heteroatoms. The van der Waals surface area contributed by atoms with Gasteiger partial charge in [0.2, 0.25) is 0 Å². The molecule has 0 saturated heterocycles. The maximum Gasteiger partial charge on any atom is 0.342 e. The number of phenolic OH excluding ortho intramolecular Hbond substituents is 1. The van der Waals surface area contributed by atoms with E-state index in [1.54, 1.807) is 24.3 Å². The van der Waals surface area contributed by atoms with E-state index >= 15 is 0 Å². The van der Waals surface area contributed by atoms with Gasteiger partial charge in [-0.25, -0.2) is 4.79 Å². The average Bonchev–Trinajstić information content (AvgIpc) is 2.55. The van der Waals surface area contributed by atoms with Gasteiger partial charge in [0.1, 0.15) is 17.1 Å². The number of hydrogen-bond donors (Lipinski definition) is 1. The minimum atomic E-state index is -0.815. The summed E-state index contributed by atoms with van der Waals surface area (Å²) in [6, 6.07) is 10.5. The molecule has 0 aliphatic heterocycles. The molecule has 1 N–H and O–H groups in total. The van der Waals surface area contributed by atoms with E-state index in [-0.39, 0.29) is 22.1 Å². The van der Waals surface area contributed by atoms with Crippen LogP contribution in [0, 0.1) is 0 Å². The quantitative estimate of drug-likeness (QED) is 0.646. The lowest BCUT2D eigenvalue weighted by Crippen LogP contribution is -2.14. The Bertz CT molecular complexity index is 709. The van der Waals surface area contributed by atoms with Gasteiger partial charge in [0, 0.05) is 10.6 Å². The smallest absolute Gasteiger partial charge is 0.342 e. The Kier molecular flexibility index (Phi) is 5.60. The van der Waals surface area contributed by atoms with Crippen molar-refractivity contribution in [2.45, 2.75) is 6.92 Å². The molecule has 0 heterocycles. The van der Waals surface area contributed by atoms with E-state index in [2.05, 4.69) is 0 Å². The zero-order valence-electron chi connectivity index (χ0n) is 12.4. The molecule has 5 nitrogen and oxygen atoms in total. The van der Waals surface area contributed by atoms with Crippen LogP contribution in [-0.4, -0.2) is 30.1 Å². The third-order valence-corrected chi connectivity index (χ3v) is 3.24. The lowest BCUT2D eigenvalue weighted by molar-refractivity contribution is 0.0472. The zero-order chi connectivity index (χ0) is 16.8. The number of halogens is 1.